The van der Waals surface area contributed by atoms with E-state index in [0.717, 1.165) is 47.7 Å². The first-order chi connectivity index (χ1) is 14.0. The fraction of sp³-hybridized carbons (Fsp3) is 0.400. The van der Waals surface area contributed by atoms with Gasteiger partial charge in [0.15, 0.2) is 0 Å². The Hall–Kier alpha value is -2.43. The highest BCUT2D eigenvalue weighted by Crippen LogP contribution is 2.30. The van der Waals surface area contributed by atoms with Crippen LogP contribution in [0.2, 0.25) is 0 Å². The maximum Gasteiger partial charge on any atom is 0.248 e. The normalized spacial score (nSPS) is 15.0. The second-order valence-corrected chi connectivity index (χ2v) is 8.19. The highest BCUT2D eigenvalue weighted by atomic mass is 16.3. The first-order valence-corrected chi connectivity index (χ1v) is 10.7. The molecular weight excluding hydrogens is 360 g/mol. The molecule has 1 atom stereocenters. The van der Waals surface area contributed by atoms with E-state index < -0.39 is 0 Å². The number of hydrogen-bond donors (Lipinski definition) is 3. The molecule has 4 nitrogen and oxygen atoms in total. The van der Waals surface area contributed by atoms with Crippen LogP contribution in [0.1, 0.15) is 53.3 Å². The van der Waals surface area contributed by atoms with Crippen LogP contribution in [0.4, 0.5) is 0 Å². The van der Waals surface area contributed by atoms with Gasteiger partial charge in [-0.1, -0.05) is 38.1 Å². The number of aromatic amines is 1. The number of benzene rings is 2. The summed E-state index contributed by atoms with van der Waals surface area (Å²) < 4.78 is 0. The van der Waals surface area contributed by atoms with Crippen molar-refractivity contribution in [3.63, 3.8) is 0 Å². The molecule has 0 amide bonds. The van der Waals surface area contributed by atoms with Gasteiger partial charge in [0.05, 0.1) is 18.2 Å². The number of pyridine rings is 1. The molecule has 0 aliphatic heterocycles. The zero-order valence-corrected chi connectivity index (χ0v) is 17.5. The van der Waals surface area contributed by atoms with Gasteiger partial charge in [-0.15, -0.1) is 0 Å². The van der Waals surface area contributed by atoms with Crippen LogP contribution in [-0.2, 0) is 25.7 Å². The van der Waals surface area contributed by atoms with E-state index in [0.29, 0.717) is 6.04 Å². The summed E-state index contributed by atoms with van der Waals surface area (Å²) >= 11 is 0. The molecule has 0 radical (unpaired) electrons. The van der Waals surface area contributed by atoms with E-state index in [1.807, 2.05) is 19.1 Å². The molecule has 1 heterocycles. The quantitative estimate of drug-likeness (QED) is 0.601. The van der Waals surface area contributed by atoms with Crippen LogP contribution in [0.5, 0.6) is 0 Å². The molecule has 152 valence electrons. The molecule has 4 rings (SSSR count). The number of H-pyrrole nitrogens is 1. The summed E-state index contributed by atoms with van der Waals surface area (Å²) in [6.45, 7) is 6.46. The van der Waals surface area contributed by atoms with E-state index >= 15 is 0 Å². The van der Waals surface area contributed by atoms with Crippen molar-refractivity contribution in [2.75, 3.05) is 6.61 Å². The fourth-order valence-electron chi connectivity index (χ4n) is 4.79. The Morgan fingerprint density at radius 1 is 1.07 bits per heavy atom. The summed E-state index contributed by atoms with van der Waals surface area (Å²) in [6, 6.07) is 12.4. The van der Waals surface area contributed by atoms with Gasteiger partial charge in [-0.05, 0) is 72.1 Å². The maximum atomic E-state index is 11.8. The number of rotatable bonds is 6. The summed E-state index contributed by atoms with van der Waals surface area (Å²) in [5, 5.41) is 14.9. The van der Waals surface area contributed by atoms with Gasteiger partial charge in [-0.25, -0.2) is 0 Å². The summed E-state index contributed by atoms with van der Waals surface area (Å²) in [5.41, 5.74) is 8.60. The second kappa shape index (κ2) is 8.13. The van der Waals surface area contributed by atoms with Crippen molar-refractivity contribution in [2.24, 2.45) is 0 Å². The molecule has 3 aromatic rings. The van der Waals surface area contributed by atoms with Crippen LogP contribution < -0.4 is 10.9 Å². The molecule has 29 heavy (non-hydrogen) atoms. The predicted molar refractivity (Wildman–Crippen MR) is 119 cm³/mol. The summed E-state index contributed by atoms with van der Waals surface area (Å²) in [5.74, 6) is 0. The van der Waals surface area contributed by atoms with Crippen molar-refractivity contribution >= 4 is 10.9 Å². The van der Waals surface area contributed by atoms with Crippen LogP contribution >= 0.6 is 0 Å². The van der Waals surface area contributed by atoms with Gasteiger partial charge in [0.2, 0.25) is 5.56 Å². The molecule has 3 N–H and O–H groups in total. The predicted octanol–water partition coefficient (Wildman–Crippen LogP) is 3.75. The van der Waals surface area contributed by atoms with Crippen LogP contribution in [0.15, 0.2) is 41.2 Å². The lowest BCUT2D eigenvalue weighted by molar-refractivity contribution is 0.234. The standard InChI is InChI=1S/C25H30N2O2/c1-4-16-10-18-12-20(13-19(18)11-17(16)5-2)26-23(14-28)21-7-6-15(3)25-22(21)8-9-24(29)27-25/h6-11,20,23,26,28H,4-5,12-14H2,1-3H3,(H,27,29). The number of hydrogen-bond acceptors (Lipinski definition) is 3. The smallest absolute Gasteiger partial charge is 0.248 e. The third kappa shape index (κ3) is 3.75. The van der Waals surface area contributed by atoms with Crippen LogP contribution in [0.25, 0.3) is 10.9 Å². The number of nitrogens with one attached hydrogen (secondary N) is 2. The average molecular weight is 391 g/mol. The molecule has 1 aliphatic rings. The van der Waals surface area contributed by atoms with Gasteiger partial charge in [-0.2, -0.15) is 0 Å². The Labute approximate surface area is 172 Å². The van der Waals surface area contributed by atoms with Crippen molar-refractivity contribution in [3.8, 4) is 0 Å². The highest BCUT2D eigenvalue weighted by molar-refractivity contribution is 5.85. The molecule has 2 aromatic carbocycles. The van der Waals surface area contributed by atoms with Crippen LogP contribution in [0.3, 0.4) is 0 Å². The lowest BCUT2D eigenvalue weighted by Gasteiger charge is -2.23. The molecule has 4 heteroatoms. The van der Waals surface area contributed by atoms with E-state index in [1.165, 1.54) is 22.3 Å². The van der Waals surface area contributed by atoms with Crippen molar-refractivity contribution < 1.29 is 5.11 Å². The highest BCUT2D eigenvalue weighted by Gasteiger charge is 2.26. The minimum Gasteiger partial charge on any atom is -0.394 e. The number of aromatic nitrogens is 1. The van der Waals surface area contributed by atoms with E-state index in [-0.39, 0.29) is 18.2 Å². The Morgan fingerprint density at radius 2 is 1.72 bits per heavy atom. The Kier molecular flexibility index (Phi) is 5.57. The maximum absolute atomic E-state index is 11.8. The van der Waals surface area contributed by atoms with Crippen LogP contribution in [-0.4, -0.2) is 22.7 Å². The van der Waals surface area contributed by atoms with Gasteiger partial charge >= 0.3 is 0 Å². The minimum atomic E-state index is -0.167. The molecule has 1 aromatic heterocycles. The van der Waals surface area contributed by atoms with Gasteiger partial charge < -0.3 is 15.4 Å². The molecule has 0 spiro atoms. The molecule has 0 saturated carbocycles. The average Bonchev–Trinajstić information content (AvgIpc) is 3.13. The third-order valence-electron chi connectivity index (χ3n) is 6.35. The monoisotopic (exact) mass is 390 g/mol. The lowest BCUT2D eigenvalue weighted by Crippen LogP contribution is -2.35. The van der Waals surface area contributed by atoms with Gasteiger partial charge in [0.1, 0.15) is 0 Å². The molecule has 1 aliphatic carbocycles. The fourth-order valence-corrected chi connectivity index (χ4v) is 4.79. The molecule has 0 fully saturated rings. The van der Waals surface area contributed by atoms with E-state index in [9.17, 15) is 9.90 Å². The van der Waals surface area contributed by atoms with E-state index in [4.69, 9.17) is 0 Å². The molecule has 1 unspecified atom stereocenters. The largest absolute Gasteiger partial charge is 0.394 e. The lowest BCUT2D eigenvalue weighted by atomic mass is 9.97. The zero-order chi connectivity index (χ0) is 20.5. The Morgan fingerprint density at radius 3 is 2.31 bits per heavy atom. The van der Waals surface area contributed by atoms with Crippen molar-refractivity contribution in [3.05, 3.63) is 80.1 Å². The van der Waals surface area contributed by atoms with Gasteiger partial charge in [-0.3, -0.25) is 4.79 Å². The molecular formula is C25H30N2O2. The summed E-state index contributed by atoms with van der Waals surface area (Å²) in [6.07, 6.45) is 4.12. The number of aryl methyl sites for hydroxylation is 3. The Balaban J connectivity index is 1.61. The van der Waals surface area contributed by atoms with Gasteiger partial charge in [0, 0.05) is 17.5 Å². The molecule has 0 bridgehead atoms. The number of aliphatic hydroxyl groups is 1. The second-order valence-electron chi connectivity index (χ2n) is 8.19. The van der Waals surface area contributed by atoms with Crippen molar-refractivity contribution in [1.29, 1.82) is 0 Å². The summed E-state index contributed by atoms with van der Waals surface area (Å²) in [7, 11) is 0. The first-order valence-electron chi connectivity index (χ1n) is 10.7. The first kappa shape index (κ1) is 19.9. The van der Waals surface area contributed by atoms with Crippen molar-refractivity contribution in [2.45, 2.75) is 58.5 Å². The van der Waals surface area contributed by atoms with Gasteiger partial charge in [0.25, 0.3) is 0 Å². The van der Waals surface area contributed by atoms with E-state index in [2.05, 4.69) is 42.3 Å². The topological polar surface area (TPSA) is 65.1 Å². The molecule has 0 saturated heterocycles. The number of fused-ring (bicyclic) bond motifs is 2. The summed E-state index contributed by atoms with van der Waals surface area (Å²) in [4.78, 5) is 14.7. The third-order valence-corrected chi connectivity index (χ3v) is 6.35. The number of aliphatic hydroxyl groups excluding tert-OH is 1. The minimum absolute atomic E-state index is 0.0184. The van der Waals surface area contributed by atoms with E-state index in [1.54, 1.807) is 6.07 Å². The Bertz CT molecular complexity index is 1070. The zero-order valence-electron chi connectivity index (χ0n) is 17.5. The van der Waals surface area contributed by atoms with Crippen LogP contribution in [0, 0.1) is 6.92 Å². The SMILES string of the molecule is CCc1cc2c(cc1CC)CC(NC(CO)c1ccc(C)c3[nH]c(=O)ccc13)C2. The van der Waals surface area contributed by atoms with Crippen molar-refractivity contribution in [1.82, 2.24) is 10.3 Å².